The molecule has 0 spiro atoms. The quantitative estimate of drug-likeness (QED) is 0.837. The number of hydrogen-bond donors (Lipinski definition) is 0. The minimum atomic E-state index is 0.786. The van der Waals surface area contributed by atoms with Gasteiger partial charge in [0.15, 0.2) is 5.82 Å². The minimum absolute atomic E-state index is 0.786. The van der Waals surface area contributed by atoms with E-state index in [1.165, 1.54) is 5.56 Å². The number of ether oxygens (including phenoxy) is 1. The van der Waals surface area contributed by atoms with E-state index in [9.17, 15) is 0 Å². The highest BCUT2D eigenvalue weighted by Crippen LogP contribution is 2.25. The molecule has 2 aromatic rings. The third-order valence-corrected chi connectivity index (χ3v) is 3.89. The first kappa shape index (κ1) is 12.8. The fourth-order valence-electron chi connectivity index (χ4n) is 1.98. The molecule has 1 aliphatic rings. The lowest BCUT2D eigenvalue weighted by Gasteiger charge is -2.01. The molecular formula is C16H14N2OS. The van der Waals surface area contributed by atoms with Crippen LogP contribution in [0.5, 0.6) is 5.75 Å². The molecule has 100 valence electrons. The van der Waals surface area contributed by atoms with E-state index in [-0.39, 0.29) is 0 Å². The Bertz CT molecular complexity index is 695. The van der Waals surface area contributed by atoms with Gasteiger partial charge >= 0.3 is 0 Å². The van der Waals surface area contributed by atoms with E-state index in [0.717, 1.165) is 28.4 Å². The summed E-state index contributed by atoms with van der Waals surface area (Å²) < 4.78 is 5.16. The maximum atomic E-state index is 5.16. The summed E-state index contributed by atoms with van der Waals surface area (Å²) in [5.41, 5.74) is 4.22. The highest BCUT2D eigenvalue weighted by molar-refractivity contribution is 7.08. The molecule has 0 saturated heterocycles. The first-order valence-corrected chi connectivity index (χ1v) is 7.23. The molecule has 0 atom stereocenters. The second-order valence-corrected chi connectivity index (χ2v) is 5.22. The number of nitrogens with zero attached hydrogens (tertiary/aromatic N) is 2. The van der Waals surface area contributed by atoms with Crippen LogP contribution in [0.2, 0.25) is 0 Å². The molecule has 20 heavy (non-hydrogen) atoms. The minimum Gasteiger partial charge on any atom is -0.497 e. The van der Waals surface area contributed by atoms with Crippen LogP contribution in [0, 0.1) is 0 Å². The van der Waals surface area contributed by atoms with Crippen LogP contribution in [-0.2, 0) is 0 Å². The second kappa shape index (κ2) is 5.43. The van der Waals surface area contributed by atoms with E-state index in [0.29, 0.717) is 0 Å². The fraction of sp³-hybridized carbons (Fsp3) is 0.125. The van der Waals surface area contributed by atoms with Crippen molar-refractivity contribution in [1.82, 2.24) is 0 Å². The van der Waals surface area contributed by atoms with Crippen LogP contribution in [0.25, 0.3) is 5.57 Å². The molecule has 0 unspecified atom stereocenters. The third-order valence-electron chi connectivity index (χ3n) is 3.21. The lowest BCUT2D eigenvalue weighted by molar-refractivity contribution is 0.415. The van der Waals surface area contributed by atoms with Crippen molar-refractivity contribution in [3.8, 4) is 5.75 Å². The van der Waals surface area contributed by atoms with E-state index in [1.54, 1.807) is 18.4 Å². The van der Waals surface area contributed by atoms with E-state index >= 15 is 0 Å². The standard InChI is InChI=1S/C16H14N2OS/c1-11(13-7-8-20-10-13)16-17-9-15(18-16)12-3-5-14(19-2)6-4-12/h3-10H,1-2H3/b16-11+. The van der Waals surface area contributed by atoms with Crippen molar-refractivity contribution in [2.45, 2.75) is 6.92 Å². The van der Waals surface area contributed by atoms with Crippen molar-refractivity contribution in [3.63, 3.8) is 0 Å². The molecule has 3 rings (SSSR count). The Morgan fingerprint density at radius 1 is 1.15 bits per heavy atom. The van der Waals surface area contributed by atoms with Gasteiger partial charge in [0.05, 0.1) is 19.0 Å². The molecule has 0 aliphatic carbocycles. The number of rotatable bonds is 3. The van der Waals surface area contributed by atoms with Crippen LogP contribution in [0.15, 0.2) is 56.9 Å². The second-order valence-electron chi connectivity index (χ2n) is 4.44. The first-order valence-electron chi connectivity index (χ1n) is 6.28. The molecule has 0 saturated carbocycles. The SMILES string of the molecule is COc1ccc(C2=N/C(=C(\C)c3ccsc3)N=C2)cc1. The average Bonchev–Trinajstić information content (AvgIpc) is 3.18. The zero-order chi connectivity index (χ0) is 13.9. The molecule has 0 amide bonds. The van der Waals surface area contributed by atoms with Gasteiger partial charge in [-0.3, -0.25) is 0 Å². The van der Waals surface area contributed by atoms with Crippen LogP contribution in [0.3, 0.4) is 0 Å². The first-order chi connectivity index (χ1) is 9.78. The number of allylic oxidation sites excluding steroid dienone is 1. The molecule has 1 aromatic heterocycles. The summed E-state index contributed by atoms with van der Waals surface area (Å²) in [6, 6.07) is 9.93. The van der Waals surface area contributed by atoms with Crippen LogP contribution >= 0.6 is 11.3 Å². The van der Waals surface area contributed by atoms with E-state index in [4.69, 9.17) is 4.74 Å². The zero-order valence-corrected chi connectivity index (χ0v) is 12.1. The van der Waals surface area contributed by atoms with Crippen molar-refractivity contribution in [2.75, 3.05) is 7.11 Å². The summed E-state index contributed by atoms with van der Waals surface area (Å²) in [4.78, 5) is 9.02. The Kier molecular flexibility index (Phi) is 3.48. The Labute approximate surface area is 122 Å². The maximum Gasteiger partial charge on any atom is 0.156 e. The Balaban J connectivity index is 1.92. The monoisotopic (exact) mass is 282 g/mol. The van der Waals surface area contributed by atoms with Gasteiger partial charge in [-0.1, -0.05) is 0 Å². The summed E-state index contributed by atoms with van der Waals surface area (Å²) in [7, 11) is 1.66. The normalized spacial score (nSPS) is 16.2. The van der Waals surface area contributed by atoms with Crippen molar-refractivity contribution in [2.24, 2.45) is 9.98 Å². The summed E-state index contributed by atoms with van der Waals surface area (Å²) in [6.07, 6.45) is 1.81. The van der Waals surface area contributed by atoms with Gasteiger partial charge in [-0.05, 0) is 53.6 Å². The average molecular weight is 282 g/mol. The van der Waals surface area contributed by atoms with Gasteiger partial charge in [0, 0.05) is 11.1 Å². The van der Waals surface area contributed by atoms with Gasteiger partial charge in [-0.25, -0.2) is 9.98 Å². The van der Waals surface area contributed by atoms with Crippen molar-refractivity contribution in [3.05, 3.63) is 58.0 Å². The van der Waals surface area contributed by atoms with Gasteiger partial charge in [0.1, 0.15) is 5.75 Å². The van der Waals surface area contributed by atoms with E-state index < -0.39 is 0 Å². The summed E-state index contributed by atoms with van der Waals surface area (Å²) in [6.45, 7) is 2.05. The predicted molar refractivity (Wildman–Crippen MR) is 84.9 cm³/mol. The van der Waals surface area contributed by atoms with Crippen LogP contribution in [0.4, 0.5) is 0 Å². The third kappa shape index (κ3) is 2.42. The topological polar surface area (TPSA) is 34.0 Å². The van der Waals surface area contributed by atoms with Gasteiger partial charge in [0.2, 0.25) is 0 Å². The Hall–Kier alpha value is -2.20. The fourth-order valence-corrected chi connectivity index (χ4v) is 2.69. The number of methoxy groups -OCH3 is 1. The van der Waals surface area contributed by atoms with Crippen molar-refractivity contribution >= 4 is 28.8 Å². The highest BCUT2D eigenvalue weighted by atomic mass is 32.1. The lowest BCUT2D eigenvalue weighted by Crippen LogP contribution is -1.98. The molecule has 1 aliphatic heterocycles. The van der Waals surface area contributed by atoms with E-state index in [1.807, 2.05) is 30.5 Å². The molecule has 0 N–H and O–H groups in total. The maximum absolute atomic E-state index is 5.16. The predicted octanol–water partition coefficient (Wildman–Crippen LogP) is 4.02. The van der Waals surface area contributed by atoms with Crippen molar-refractivity contribution < 1.29 is 4.74 Å². The molecule has 3 nitrogen and oxygen atoms in total. The van der Waals surface area contributed by atoms with Gasteiger partial charge in [-0.2, -0.15) is 11.3 Å². The Morgan fingerprint density at radius 3 is 2.60 bits per heavy atom. The van der Waals surface area contributed by atoms with Crippen LogP contribution in [0.1, 0.15) is 18.1 Å². The number of aliphatic imine (C=N–C) groups is 2. The summed E-state index contributed by atoms with van der Waals surface area (Å²) >= 11 is 1.68. The molecule has 0 bridgehead atoms. The largest absolute Gasteiger partial charge is 0.497 e. The van der Waals surface area contributed by atoms with Gasteiger partial charge in [0.25, 0.3) is 0 Å². The summed E-state index contributed by atoms with van der Waals surface area (Å²) in [5, 5.41) is 4.17. The van der Waals surface area contributed by atoms with E-state index in [2.05, 4.69) is 33.7 Å². The molecule has 2 heterocycles. The van der Waals surface area contributed by atoms with Crippen LogP contribution in [-0.4, -0.2) is 19.0 Å². The molecule has 0 fully saturated rings. The molecule has 1 aromatic carbocycles. The molecule has 0 radical (unpaired) electrons. The number of thiophene rings is 1. The number of benzene rings is 1. The summed E-state index contributed by atoms with van der Waals surface area (Å²) in [5.74, 6) is 1.63. The Morgan fingerprint density at radius 2 is 1.95 bits per heavy atom. The van der Waals surface area contributed by atoms with Gasteiger partial charge < -0.3 is 4.74 Å². The number of hydrogen-bond acceptors (Lipinski definition) is 4. The van der Waals surface area contributed by atoms with Crippen molar-refractivity contribution in [1.29, 1.82) is 0 Å². The van der Waals surface area contributed by atoms with Crippen LogP contribution < -0.4 is 4.74 Å². The van der Waals surface area contributed by atoms with Gasteiger partial charge in [-0.15, -0.1) is 0 Å². The smallest absolute Gasteiger partial charge is 0.156 e. The highest BCUT2D eigenvalue weighted by Gasteiger charge is 2.12. The lowest BCUT2D eigenvalue weighted by atomic mass is 10.1. The molecule has 4 heteroatoms. The molecular weight excluding hydrogens is 268 g/mol. The zero-order valence-electron chi connectivity index (χ0n) is 11.3.